The minimum absolute atomic E-state index is 0.187. The molecular weight excluding hydrogens is 472 g/mol. The van der Waals surface area contributed by atoms with Gasteiger partial charge in [0, 0.05) is 86.6 Å². The zero-order chi connectivity index (χ0) is 26.9. The highest BCUT2D eigenvalue weighted by Crippen LogP contribution is 2.49. The fraction of sp³-hybridized carbons (Fsp3) is 0.500. The second kappa shape index (κ2) is 8.82. The minimum atomic E-state index is 0.187. The SMILES string of the molecule is [2H]c1ccc2c(N3C[C@@H]4CN(c5ncc(N6CC7(CC(N)C7)C6)cc5C)CCN4[C@H](C)C3)ccc(C#N)c2n1. The second-order valence-electron chi connectivity index (χ2n) is 12.0. The maximum atomic E-state index is 9.61. The first kappa shape index (κ1) is 22.6. The van der Waals surface area contributed by atoms with Gasteiger partial charge in [0.25, 0.3) is 0 Å². The molecule has 1 spiro atoms. The molecule has 1 aliphatic carbocycles. The average molecular weight is 510 g/mol. The summed E-state index contributed by atoms with van der Waals surface area (Å²) in [7, 11) is 0. The predicted molar refractivity (Wildman–Crippen MR) is 152 cm³/mol. The predicted octanol–water partition coefficient (Wildman–Crippen LogP) is 3.14. The number of rotatable bonds is 3. The number of piperazine rings is 2. The molecule has 0 unspecified atom stereocenters. The van der Waals surface area contributed by atoms with E-state index in [2.05, 4.69) is 62.8 Å². The third kappa shape index (κ3) is 3.79. The van der Waals surface area contributed by atoms with E-state index in [1.807, 2.05) is 12.1 Å². The Kier molecular flexibility index (Phi) is 5.24. The van der Waals surface area contributed by atoms with Gasteiger partial charge in [-0.1, -0.05) is 0 Å². The molecule has 0 radical (unpaired) electrons. The van der Waals surface area contributed by atoms with Crippen LogP contribution in [0.3, 0.4) is 0 Å². The Morgan fingerprint density at radius 3 is 2.66 bits per heavy atom. The number of hydrogen-bond donors (Lipinski definition) is 1. The number of fused-ring (bicyclic) bond motifs is 2. The van der Waals surface area contributed by atoms with Crippen molar-refractivity contribution >= 4 is 28.1 Å². The van der Waals surface area contributed by atoms with Crippen LogP contribution >= 0.6 is 0 Å². The van der Waals surface area contributed by atoms with Crippen LogP contribution in [-0.2, 0) is 0 Å². The number of pyridine rings is 2. The molecule has 5 heterocycles. The van der Waals surface area contributed by atoms with E-state index in [4.69, 9.17) is 12.1 Å². The zero-order valence-electron chi connectivity index (χ0n) is 23.3. The van der Waals surface area contributed by atoms with Crippen molar-refractivity contribution < 1.29 is 1.37 Å². The van der Waals surface area contributed by atoms with Crippen LogP contribution in [0, 0.1) is 23.7 Å². The van der Waals surface area contributed by atoms with E-state index in [9.17, 15) is 5.26 Å². The quantitative estimate of drug-likeness (QED) is 0.576. The molecule has 8 heteroatoms. The molecule has 2 aromatic heterocycles. The van der Waals surface area contributed by atoms with Gasteiger partial charge in [0.05, 0.1) is 24.3 Å². The third-order valence-electron chi connectivity index (χ3n) is 9.31. The molecular formula is C30H36N8. The van der Waals surface area contributed by atoms with E-state index < -0.39 is 0 Å². The van der Waals surface area contributed by atoms with Gasteiger partial charge < -0.3 is 20.4 Å². The van der Waals surface area contributed by atoms with E-state index in [0.29, 0.717) is 34.6 Å². The first-order chi connectivity index (χ1) is 18.8. The highest BCUT2D eigenvalue weighted by Gasteiger charge is 2.51. The number of nitrogens with zero attached hydrogens (tertiary/aromatic N) is 7. The first-order valence-corrected chi connectivity index (χ1v) is 13.9. The molecule has 196 valence electrons. The van der Waals surface area contributed by atoms with Crippen LogP contribution in [0.1, 0.15) is 32.3 Å². The van der Waals surface area contributed by atoms with Crippen molar-refractivity contribution in [3.05, 3.63) is 53.8 Å². The molecule has 0 bridgehead atoms. The molecule has 7 rings (SSSR count). The Hall–Kier alpha value is -3.41. The topological polar surface area (TPSA) is 88.5 Å². The summed E-state index contributed by atoms with van der Waals surface area (Å²) in [5.74, 6) is 1.10. The van der Waals surface area contributed by atoms with Crippen LogP contribution < -0.4 is 20.4 Å². The van der Waals surface area contributed by atoms with E-state index >= 15 is 0 Å². The maximum Gasteiger partial charge on any atom is 0.131 e. The van der Waals surface area contributed by atoms with E-state index in [0.717, 1.165) is 75.5 Å². The van der Waals surface area contributed by atoms with E-state index in [1.165, 1.54) is 11.3 Å². The average Bonchev–Trinajstić information content (AvgIpc) is 2.88. The number of aromatic nitrogens is 2. The Morgan fingerprint density at radius 1 is 1.08 bits per heavy atom. The molecule has 38 heavy (non-hydrogen) atoms. The van der Waals surface area contributed by atoms with Crippen molar-refractivity contribution in [2.24, 2.45) is 11.1 Å². The number of aryl methyl sites for hydroxylation is 1. The fourth-order valence-corrected chi connectivity index (χ4v) is 7.54. The van der Waals surface area contributed by atoms with Crippen molar-refractivity contribution in [3.8, 4) is 6.07 Å². The van der Waals surface area contributed by atoms with Crippen LogP contribution in [0.2, 0.25) is 0 Å². The molecule has 4 aliphatic rings. The molecule has 1 saturated carbocycles. The summed E-state index contributed by atoms with van der Waals surface area (Å²) in [5, 5.41) is 10.6. The van der Waals surface area contributed by atoms with Crippen molar-refractivity contribution in [2.75, 3.05) is 60.5 Å². The monoisotopic (exact) mass is 509 g/mol. The van der Waals surface area contributed by atoms with Crippen molar-refractivity contribution in [1.82, 2.24) is 14.9 Å². The first-order valence-electron chi connectivity index (χ1n) is 14.4. The van der Waals surface area contributed by atoms with Gasteiger partial charge in [0.2, 0.25) is 0 Å². The molecule has 0 amide bonds. The molecule has 2 atom stereocenters. The highest BCUT2D eigenvalue weighted by atomic mass is 15.4. The number of benzene rings is 1. The Bertz CT molecular complexity index is 1470. The maximum absolute atomic E-state index is 9.61. The molecule has 1 aromatic carbocycles. The van der Waals surface area contributed by atoms with Gasteiger partial charge in [0.1, 0.15) is 11.9 Å². The zero-order valence-corrected chi connectivity index (χ0v) is 22.3. The lowest BCUT2D eigenvalue weighted by Crippen LogP contribution is -2.65. The van der Waals surface area contributed by atoms with Crippen LogP contribution in [0.25, 0.3) is 10.9 Å². The molecule has 2 N–H and O–H groups in total. The third-order valence-corrected chi connectivity index (χ3v) is 9.31. The smallest absolute Gasteiger partial charge is 0.131 e. The summed E-state index contributed by atoms with van der Waals surface area (Å²) in [4.78, 5) is 19.4. The molecule has 8 nitrogen and oxygen atoms in total. The van der Waals surface area contributed by atoms with Gasteiger partial charge in [-0.15, -0.1) is 0 Å². The molecule has 3 aliphatic heterocycles. The molecule has 3 aromatic rings. The number of nitrogens with two attached hydrogens (primary N) is 1. The standard InChI is InChI=1S/C30H36N8/c1-20-10-24(37-18-30(19-37)11-23(32)12-30)14-34-29(20)35-8-9-38-21(2)15-36(17-25(38)16-35)27-6-5-22(13-31)28-26(27)4-3-7-33-28/h3-7,10,14,21,23,25H,8-9,11-12,15-19,32H2,1-2H3/t21-,25+/m1/s1/i7D. The lowest BCUT2D eigenvalue weighted by Gasteiger charge is -2.59. The van der Waals surface area contributed by atoms with Gasteiger partial charge in [0.15, 0.2) is 0 Å². The van der Waals surface area contributed by atoms with E-state index in [1.54, 1.807) is 6.07 Å². The van der Waals surface area contributed by atoms with Gasteiger partial charge in [-0.2, -0.15) is 5.26 Å². The van der Waals surface area contributed by atoms with Crippen LogP contribution in [0.5, 0.6) is 0 Å². The van der Waals surface area contributed by atoms with Gasteiger partial charge >= 0.3 is 0 Å². The molecule has 3 saturated heterocycles. The fourth-order valence-electron chi connectivity index (χ4n) is 7.54. The lowest BCUT2D eigenvalue weighted by atomic mass is 9.61. The van der Waals surface area contributed by atoms with Crippen LogP contribution in [0.15, 0.2) is 42.7 Å². The van der Waals surface area contributed by atoms with Crippen molar-refractivity contribution in [1.29, 1.82) is 5.26 Å². The largest absolute Gasteiger partial charge is 0.369 e. The second-order valence-corrected chi connectivity index (χ2v) is 12.0. The summed E-state index contributed by atoms with van der Waals surface area (Å²) < 4.78 is 7.97. The lowest BCUT2D eigenvalue weighted by molar-refractivity contribution is 0.0664. The van der Waals surface area contributed by atoms with Gasteiger partial charge in [-0.05, 0) is 62.6 Å². The normalized spacial score (nSPS) is 25.5. The summed E-state index contributed by atoms with van der Waals surface area (Å²) >= 11 is 0. The Labute approximate surface area is 226 Å². The Balaban J connectivity index is 1.09. The molecule has 4 fully saturated rings. The number of nitriles is 1. The summed E-state index contributed by atoms with van der Waals surface area (Å²) in [5.41, 5.74) is 11.2. The summed E-state index contributed by atoms with van der Waals surface area (Å²) in [6.07, 6.45) is 4.57. The number of anilines is 3. The minimum Gasteiger partial charge on any atom is -0.369 e. The highest BCUT2D eigenvalue weighted by molar-refractivity contribution is 5.95. The van der Waals surface area contributed by atoms with E-state index in [-0.39, 0.29) is 6.17 Å². The van der Waals surface area contributed by atoms with Crippen LogP contribution in [0.4, 0.5) is 17.2 Å². The Morgan fingerprint density at radius 2 is 1.89 bits per heavy atom. The summed E-state index contributed by atoms with van der Waals surface area (Å²) in [6.45, 7) is 11.5. The van der Waals surface area contributed by atoms with Crippen LogP contribution in [-0.4, -0.2) is 78.8 Å². The number of hydrogen-bond acceptors (Lipinski definition) is 8. The van der Waals surface area contributed by atoms with Crippen molar-refractivity contribution in [2.45, 2.75) is 44.8 Å². The van der Waals surface area contributed by atoms with Crippen molar-refractivity contribution in [3.63, 3.8) is 0 Å². The van der Waals surface area contributed by atoms with Gasteiger partial charge in [-0.3, -0.25) is 9.88 Å². The van der Waals surface area contributed by atoms with Gasteiger partial charge in [-0.25, -0.2) is 4.98 Å². The summed E-state index contributed by atoms with van der Waals surface area (Å²) in [6, 6.07) is 13.3.